The Balaban J connectivity index is 0.000000214. The van der Waals surface area contributed by atoms with Crippen molar-refractivity contribution in [3.8, 4) is 0 Å². The van der Waals surface area contributed by atoms with Gasteiger partial charge in [-0.1, -0.05) is 71.2 Å². The Kier molecular flexibility index (Phi) is 13.7. The fourth-order valence-electron chi connectivity index (χ4n) is 6.35. The van der Waals surface area contributed by atoms with E-state index < -0.39 is 47.8 Å². The summed E-state index contributed by atoms with van der Waals surface area (Å²) in [5.41, 5.74) is 3.37. The molecule has 0 saturated heterocycles. The van der Waals surface area contributed by atoms with E-state index in [1.807, 2.05) is 0 Å². The molecule has 2 aliphatic heterocycles. The molecule has 0 saturated carbocycles. The summed E-state index contributed by atoms with van der Waals surface area (Å²) >= 11 is 17.9. The summed E-state index contributed by atoms with van der Waals surface area (Å²) in [5.74, 6) is -4.50. The maximum atomic E-state index is 13.8. The predicted octanol–water partition coefficient (Wildman–Crippen LogP) is 9.68. The smallest absolute Gasteiger partial charge is 0.336 e. The summed E-state index contributed by atoms with van der Waals surface area (Å²) in [5, 5.41) is 1.28. The first-order valence-electron chi connectivity index (χ1n) is 17.2. The predicted molar refractivity (Wildman–Crippen MR) is 206 cm³/mol. The average molecular weight is 828 g/mol. The number of allylic oxidation sites excluding steroid dienone is 2. The van der Waals surface area contributed by atoms with Crippen molar-refractivity contribution < 1.29 is 41.8 Å². The number of carbonyl (C=O) groups is 4. The Morgan fingerprint density at radius 3 is 1.52 bits per heavy atom. The van der Waals surface area contributed by atoms with Gasteiger partial charge in [-0.2, -0.15) is 0 Å². The fourth-order valence-corrected chi connectivity index (χ4v) is 6.83. The van der Waals surface area contributed by atoms with E-state index in [0.29, 0.717) is 32.6 Å². The van der Waals surface area contributed by atoms with Crippen LogP contribution in [0.2, 0.25) is 15.1 Å². The zero-order chi connectivity index (χ0) is 40.8. The molecule has 2 amide bonds. The van der Waals surface area contributed by atoms with Gasteiger partial charge in [0.2, 0.25) is 11.8 Å². The molecule has 6 rings (SSSR count). The van der Waals surface area contributed by atoms with Crippen LogP contribution in [0.3, 0.4) is 0 Å². The lowest BCUT2D eigenvalue weighted by Gasteiger charge is -2.32. The van der Waals surface area contributed by atoms with Crippen LogP contribution in [0.1, 0.15) is 60.8 Å². The summed E-state index contributed by atoms with van der Waals surface area (Å²) in [6.07, 6.45) is 0.227. The molecule has 0 N–H and O–H groups in total. The summed E-state index contributed by atoms with van der Waals surface area (Å²) in [6, 6.07) is 21.2. The Bertz CT molecular complexity index is 2210. The highest BCUT2D eigenvalue weighted by Crippen LogP contribution is 2.38. The van der Waals surface area contributed by atoms with Gasteiger partial charge in [-0.25, -0.2) is 22.8 Å². The first kappa shape index (κ1) is 42.1. The van der Waals surface area contributed by atoms with Crippen molar-refractivity contribution in [3.05, 3.63) is 162 Å². The van der Waals surface area contributed by atoms with E-state index >= 15 is 0 Å². The van der Waals surface area contributed by atoms with E-state index in [4.69, 9.17) is 44.3 Å². The molecule has 0 radical (unpaired) electrons. The topological polar surface area (TPSA) is 93.2 Å². The van der Waals surface area contributed by atoms with Gasteiger partial charge < -0.3 is 19.3 Å². The summed E-state index contributed by atoms with van der Waals surface area (Å²) in [6.45, 7) is 2.71. The molecule has 2 atom stereocenters. The highest BCUT2D eigenvalue weighted by Gasteiger charge is 2.37. The van der Waals surface area contributed by atoms with Gasteiger partial charge in [-0.3, -0.25) is 9.59 Å². The van der Waals surface area contributed by atoms with Crippen molar-refractivity contribution in [2.75, 3.05) is 14.1 Å². The van der Waals surface area contributed by atoms with Gasteiger partial charge in [0.1, 0.15) is 30.7 Å². The number of rotatable bonds is 8. The molecular formula is C42H36Cl3F3N2O6. The number of nitrogens with zero attached hydrogens (tertiary/aromatic N) is 2. The molecule has 292 valence electrons. The third-order valence-corrected chi connectivity index (χ3v) is 10.6. The van der Waals surface area contributed by atoms with Crippen LogP contribution in [0.5, 0.6) is 0 Å². The lowest BCUT2D eigenvalue weighted by Crippen LogP contribution is -2.35. The maximum absolute atomic E-state index is 13.8. The van der Waals surface area contributed by atoms with E-state index in [1.54, 1.807) is 76.5 Å². The van der Waals surface area contributed by atoms with Crippen LogP contribution < -0.4 is 0 Å². The Labute approximate surface area is 337 Å². The molecule has 2 aliphatic rings. The Hall–Kier alpha value is -5.10. The van der Waals surface area contributed by atoms with Crippen LogP contribution in [0.15, 0.2) is 107 Å². The fraction of sp³-hybridized carbons (Fsp3) is 0.238. The molecule has 0 bridgehead atoms. The SMILES string of the molecule is CC1=C(C(=O)OCc2c(F)cccc2F)C(c2ccc(Cl)cc2)CC(=O)N1C.CC1=C(C(=O)OCc2ccc(F)cc2Cl)C(c2ccc(Cl)cc2)CC(=O)N1C. The number of amides is 2. The average Bonchev–Trinajstić information content (AvgIpc) is 3.16. The van der Waals surface area contributed by atoms with Crippen molar-refractivity contribution in [1.29, 1.82) is 0 Å². The largest absolute Gasteiger partial charge is 0.457 e. The third-order valence-electron chi connectivity index (χ3n) is 9.76. The van der Waals surface area contributed by atoms with E-state index in [-0.39, 0.29) is 47.4 Å². The van der Waals surface area contributed by atoms with Crippen LogP contribution in [0.25, 0.3) is 0 Å². The lowest BCUT2D eigenvalue weighted by molar-refractivity contribution is -0.142. The van der Waals surface area contributed by atoms with Crippen molar-refractivity contribution in [1.82, 2.24) is 9.80 Å². The van der Waals surface area contributed by atoms with E-state index in [0.717, 1.165) is 23.3 Å². The lowest BCUT2D eigenvalue weighted by atomic mass is 9.84. The zero-order valence-electron chi connectivity index (χ0n) is 30.7. The monoisotopic (exact) mass is 826 g/mol. The summed E-state index contributed by atoms with van der Waals surface area (Å²) in [7, 11) is 3.19. The van der Waals surface area contributed by atoms with Crippen molar-refractivity contribution in [3.63, 3.8) is 0 Å². The minimum Gasteiger partial charge on any atom is -0.457 e. The van der Waals surface area contributed by atoms with Gasteiger partial charge in [0.15, 0.2) is 0 Å². The quantitative estimate of drug-likeness (QED) is 0.164. The van der Waals surface area contributed by atoms with Crippen molar-refractivity contribution in [2.24, 2.45) is 0 Å². The molecule has 14 heteroatoms. The van der Waals surface area contributed by atoms with Gasteiger partial charge in [0.25, 0.3) is 0 Å². The first-order valence-corrected chi connectivity index (χ1v) is 18.4. The zero-order valence-corrected chi connectivity index (χ0v) is 32.9. The second kappa shape index (κ2) is 18.2. The van der Waals surface area contributed by atoms with Crippen molar-refractivity contribution >= 4 is 58.6 Å². The molecule has 56 heavy (non-hydrogen) atoms. The van der Waals surface area contributed by atoms with Gasteiger partial charge in [0, 0.05) is 65.8 Å². The highest BCUT2D eigenvalue weighted by atomic mass is 35.5. The molecular weight excluding hydrogens is 792 g/mol. The molecule has 8 nitrogen and oxygen atoms in total. The number of halogens is 6. The molecule has 2 heterocycles. The van der Waals surface area contributed by atoms with Crippen LogP contribution in [0.4, 0.5) is 13.2 Å². The minimum atomic E-state index is -0.788. The molecule has 0 spiro atoms. The van der Waals surface area contributed by atoms with Gasteiger partial charge in [0.05, 0.1) is 21.7 Å². The maximum Gasteiger partial charge on any atom is 0.336 e. The second-order valence-electron chi connectivity index (χ2n) is 13.1. The summed E-state index contributed by atoms with van der Waals surface area (Å²) < 4.78 is 51.5. The van der Waals surface area contributed by atoms with Crippen LogP contribution in [-0.4, -0.2) is 47.6 Å². The van der Waals surface area contributed by atoms with Gasteiger partial charge in [-0.15, -0.1) is 0 Å². The normalized spacial score (nSPS) is 17.1. The summed E-state index contributed by atoms with van der Waals surface area (Å²) in [4.78, 5) is 53.2. The highest BCUT2D eigenvalue weighted by molar-refractivity contribution is 6.31. The van der Waals surface area contributed by atoms with E-state index in [2.05, 4.69) is 0 Å². The number of carbonyl (C=O) groups excluding carboxylic acids is 4. The third kappa shape index (κ3) is 9.64. The molecule has 4 aromatic carbocycles. The molecule has 0 aliphatic carbocycles. The molecule has 0 aromatic heterocycles. The molecule has 0 fully saturated rings. The van der Waals surface area contributed by atoms with Crippen LogP contribution >= 0.6 is 34.8 Å². The number of ether oxygens (including phenoxy) is 2. The van der Waals surface area contributed by atoms with Gasteiger partial charge in [-0.05, 0) is 73.5 Å². The van der Waals surface area contributed by atoms with Crippen molar-refractivity contribution in [2.45, 2.75) is 51.7 Å². The Morgan fingerprint density at radius 2 is 1.09 bits per heavy atom. The second-order valence-corrected chi connectivity index (χ2v) is 14.4. The molecule has 4 aromatic rings. The van der Waals surface area contributed by atoms with Crippen LogP contribution in [-0.2, 0) is 41.9 Å². The standard InChI is InChI=1S/C21H18Cl2FNO3.C21H18ClF2NO3/c1-12-20(21(27)28-11-14-5-8-16(24)9-18(14)23)17(10-19(26)25(12)2)13-3-6-15(22)7-4-13;1-12-20(21(27)28-11-16-17(23)4-3-5-18(16)24)15(10-19(26)25(12)2)13-6-8-14(22)9-7-13/h3-9,17H,10-11H2,1-2H3;3-9,15H,10-11H2,1-2H3. The van der Waals surface area contributed by atoms with E-state index in [9.17, 15) is 32.3 Å². The molecule has 2 unspecified atom stereocenters. The van der Waals surface area contributed by atoms with Crippen LogP contribution in [0, 0.1) is 17.5 Å². The number of hydrogen-bond donors (Lipinski definition) is 0. The number of hydrogen-bond acceptors (Lipinski definition) is 6. The van der Waals surface area contributed by atoms with Gasteiger partial charge >= 0.3 is 11.9 Å². The Morgan fingerprint density at radius 1 is 0.661 bits per heavy atom. The van der Waals surface area contributed by atoms with E-state index in [1.165, 1.54) is 34.1 Å². The number of benzene rings is 4. The minimum absolute atomic E-state index is 0.0773. The number of esters is 2. The first-order chi connectivity index (χ1) is 26.6.